The van der Waals surface area contributed by atoms with E-state index in [1.807, 2.05) is 13.0 Å². The number of phenolic OH excluding ortho intramolecular Hbond substituents is 1. The summed E-state index contributed by atoms with van der Waals surface area (Å²) in [5.41, 5.74) is 0.771. The number of phenols is 1. The van der Waals surface area contributed by atoms with E-state index in [1.165, 1.54) is 12.1 Å². The maximum absolute atomic E-state index is 13.6. The number of hydrogen-bond acceptors (Lipinski definition) is 3. The van der Waals surface area contributed by atoms with Crippen LogP contribution in [0, 0.1) is 5.82 Å². The van der Waals surface area contributed by atoms with Crippen molar-refractivity contribution in [3.8, 4) is 5.75 Å². The van der Waals surface area contributed by atoms with Crippen LogP contribution in [0.2, 0.25) is 0 Å². The van der Waals surface area contributed by atoms with Crippen molar-refractivity contribution >= 4 is 5.91 Å². The fraction of sp³-hybridized carbons (Fsp3) is 0.200. The Bertz CT molecular complexity index is 602. The van der Waals surface area contributed by atoms with Gasteiger partial charge in [0.25, 0.3) is 5.91 Å². The highest BCUT2D eigenvalue weighted by Gasteiger charge is 2.17. The Morgan fingerprint density at radius 2 is 2.25 bits per heavy atom. The summed E-state index contributed by atoms with van der Waals surface area (Å²) in [5, 5.41) is 11.9. The third kappa shape index (κ3) is 3.12. The molecule has 5 heteroatoms. The van der Waals surface area contributed by atoms with E-state index in [1.54, 1.807) is 18.5 Å². The molecule has 0 fully saturated rings. The number of benzene rings is 1. The van der Waals surface area contributed by atoms with Crippen LogP contribution in [0.4, 0.5) is 4.39 Å². The van der Waals surface area contributed by atoms with Crippen molar-refractivity contribution in [2.45, 2.75) is 19.4 Å². The average Bonchev–Trinajstić information content (AvgIpc) is 2.45. The Labute approximate surface area is 116 Å². The van der Waals surface area contributed by atoms with Gasteiger partial charge in [-0.1, -0.05) is 13.0 Å². The van der Waals surface area contributed by atoms with Gasteiger partial charge in [0.15, 0.2) is 0 Å². The minimum Gasteiger partial charge on any atom is -0.508 e. The first-order valence-electron chi connectivity index (χ1n) is 6.31. The zero-order valence-electron chi connectivity index (χ0n) is 11.0. The molecule has 4 nitrogen and oxygen atoms in total. The third-order valence-corrected chi connectivity index (χ3v) is 3.00. The monoisotopic (exact) mass is 274 g/mol. The Hall–Kier alpha value is -2.43. The van der Waals surface area contributed by atoms with Crippen LogP contribution in [0.25, 0.3) is 0 Å². The summed E-state index contributed by atoms with van der Waals surface area (Å²) in [6.45, 7) is 1.92. The lowest BCUT2D eigenvalue weighted by Crippen LogP contribution is -2.28. The van der Waals surface area contributed by atoms with Gasteiger partial charge < -0.3 is 10.4 Å². The maximum atomic E-state index is 13.6. The second-order valence-corrected chi connectivity index (χ2v) is 4.38. The summed E-state index contributed by atoms with van der Waals surface area (Å²) >= 11 is 0. The van der Waals surface area contributed by atoms with E-state index in [-0.39, 0.29) is 17.4 Å². The Balaban J connectivity index is 2.17. The predicted octanol–water partition coefficient (Wildman–Crippen LogP) is 2.81. The number of halogens is 1. The number of carbonyl (C=O) groups is 1. The molecular weight excluding hydrogens is 259 g/mol. The van der Waals surface area contributed by atoms with Crippen LogP contribution in [-0.2, 0) is 0 Å². The first-order valence-corrected chi connectivity index (χ1v) is 6.31. The molecule has 2 aromatic rings. The fourth-order valence-corrected chi connectivity index (χ4v) is 1.93. The molecule has 1 amide bonds. The van der Waals surface area contributed by atoms with E-state index in [9.17, 15) is 9.18 Å². The molecule has 1 atom stereocenters. The van der Waals surface area contributed by atoms with E-state index in [4.69, 9.17) is 5.11 Å². The van der Waals surface area contributed by atoms with Gasteiger partial charge >= 0.3 is 0 Å². The van der Waals surface area contributed by atoms with Gasteiger partial charge in [0.05, 0.1) is 11.6 Å². The highest BCUT2D eigenvalue weighted by Crippen LogP contribution is 2.18. The van der Waals surface area contributed by atoms with Gasteiger partial charge in [-0.05, 0) is 30.2 Å². The average molecular weight is 274 g/mol. The quantitative estimate of drug-likeness (QED) is 0.901. The van der Waals surface area contributed by atoms with Crippen molar-refractivity contribution < 1.29 is 14.3 Å². The number of hydrogen-bond donors (Lipinski definition) is 2. The zero-order chi connectivity index (χ0) is 14.5. The molecule has 0 aliphatic rings. The number of amides is 1. The molecule has 1 aromatic heterocycles. The van der Waals surface area contributed by atoms with Crippen molar-refractivity contribution in [1.29, 1.82) is 0 Å². The summed E-state index contributed by atoms with van der Waals surface area (Å²) in [7, 11) is 0. The van der Waals surface area contributed by atoms with Crippen LogP contribution < -0.4 is 5.32 Å². The number of aromatic hydroxyl groups is 1. The highest BCUT2D eigenvalue weighted by molar-refractivity contribution is 5.94. The third-order valence-electron chi connectivity index (χ3n) is 3.00. The SMILES string of the molecule is CC[C@H](NC(=O)c1ccc(O)cc1F)c1cccnc1. The minimum atomic E-state index is -0.747. The van der Waals surface area contributed by atoms with Crippen molar-refractivity contribution in [2.75, 3.05) is 0 Å². The van der Waals surface area contributed by atoms with Crippen LogP contribution in [-0.4, -0.2) is 16.0 Å². The van der Waals surface area contributed by atoms with Gasteiger partial charge in [-0.25, -0.2) is 4.39 Å². The lowest BCUT2D eigenvalue weighted by Gasteiger charge is -2.17. The van der Waals surface area contributed by atoms with Crippen LogP contribution in [0.3, 0.4) is 0 Å². The van der Waals surface area contributed by atoms with Gasteiger partial charge in [0.2, 0.25) is 0 Å². The van der Waals surface area contributed by atoms with Crippen LogP contribution in [0.15, 0.2) is 42.7 Å². The van der Waals surface area contributed by atoms with Crippen LogP contribution >= 0.6 is 0 Å². The molecule has 0 aliphatic heterocycles. The molecule has 20 heavy (non-hydrogen) atoms. The number of nitrogens with one attached hydrogen (secondary N) is 1. The highest BCUT2D eigenvalue weighted by atomic mass is 19.1. The van der Waals surface area contributed by atoms with Gasteiger partial charge in [-0.2, -0.15) is 0 Å². The number of pyridine rings is 1. The lowest BCUT2D eigenvalue weighted by molar-refractivity contribution is 0.0931. The predicted molar refractivity (Wildman–Crippen MR) is 72.8 cm³/mol. The largest absolute Gasteiger partial charge is 0.508 e. The van der Waals surface area contributed by atoms with E-state index in [0.717, 1.165) is 11.6 Å². The molecule has 0 spiro atoms. The zero-order valence-corrected chi connectivity index (χ0v) is 11.0. The summed E-state index contributed by atoms with van der Waals surface area (Å²) in [6, 6.07) is 6.86. The van der Waals surface area contributed by atoms with Gasteiger partial charge in [-0.15, -0.1) is 0 Å². The second kappa shape index (κ2) is 6.14. The van der Waals surface area contributed by atoms with Crippen molar-refractivity contribution in [3.05, 3.63) is 59.7 Å². The van der Waals surface area contributed by atoms with Crippen molar-refractivity contribution in [2.24, 2.45) is 0 Å². The standard InChI is InChI=1S/C15H15FN2O2/c1-2-14(10-4-3-7-17-9-10)18-15(20)12-6-5-11(19)8-13(12)16/h3-9,14,19H,2H2,1H3,(H,18,20)/t14-/m0/s1. The molecule has 0 aliphatic carbocycles. The Morgan fingerprint density at radius 3 is 2.85 bits per heavy atom. The van der Waals surface area contributed by atoms with E-state index >= 15 is 0 Å². The molecule has 2 rings (SSSR count). The molecule has 1 aromatic carbocycles. The first kappa shape index (κ1) is 14.0. The van der Waals surface area contributed by atoms with Crippen LogP contribution in [0.5, 0.6) is 5.75 Å². The molecule has 0 bridgehead atoms. The number of rotatable bonds is 4. The number of nitrogens with zero attached hydrogens (tertiary/aromatic N) is 1. The van der Waals surface area contributed by atoms with Gasteiger partial charge in [0.1, 0.15) is 11.6 Å². The summed E-state index contributed by atoms with van der Waals surface area (Å²) in [4.78, 5) is 16.1. The first-order chi connectivity index (χ1) is 9.61. The molecule has 0 saturated carbocycles. The van der Waals surface area contributed by atoms with Crippen LogP contribution in [0.1, 0.15) is 35.3 Å². The van der Waals surface area contributed by atoms with Crippen molar-refractivity contribution in [1.82, 2.24) is 10.3 Å². The van der Waals surface area contributed by atoms with Gasteiger partial charge in [-0.3, -0.25) is 9.78 Å². The number of aromatic nitrogens is 1. The lowest BCUT2D eigenvalue weighted by atomic mass is 10.1. The van der Waals surface area contributed by atoms with E-state index in [0.29, 0.717) is 6.42 Å². The number of carbonyl (C=O) groups excluding carboxylic acids is 1. The Kier molecular flexibility index (Phi) is 4.30. The second-order valence-electron chi connectivity index (χ2n) is 4.38. The molecule has 1 heterocycles. The van der Waals surface area contributed by atoms with E-state index < -0.39 is 11.7 Å². The smallest absolute Gasteiger partial charge is 0.254 e. The molecule has 2 N–H and O–H groups in total. The minimum absolute atomic E-state index is 0.0925. The molecule has 0 saturated heterocycles. The Morgan fingerprint density at radius 1 is 1.45 bits per heavy atom. The molecule has 0 radical (unpaired) electrons. The molecular formula is C15H15FN2O2. The molecule has 104 valence electrons. The van der Waals surface area contributed by atoms with E-state index in [2.05, 4.69) is 10.3 Å². The summed E-state index contributed by atoms with van der Waals surface area (Å²) in [6.07, 6.45) is 3.98. The van der Waals surface area contributed by atoms with Crippen molar-refractivity contribution in [3.63, 3.8) is 0 Å². The summed E-state index contributed by atoms with van der Waals surface area (Å²) < 4.78 is 13.6. The maximum Gasteiger partial charge on any atom is 0.254 e. The van der Waals surface area contributed by atoms with Gasteiger partial charge in [0, 0.05) is 18.5 Å². The summed E-state index contributed by atoms with van der Waals surface area (Å²) in [5.74, 6) is -1.47. The normalized spacial score (nSPS) is 11.9. The fourth-order valence-electron chi connectivity index (χ4n) is 1.93. The topological polar surface area (TPSA) is 62.2 Å². The molecule has 0 unspecified atom stereocenters.